The van der Waals surface area contributed by atoms with E-state index in [0.717, 1.165) is 50.2 Å². The average molecular weight is 235 g/mol. The minimum Gasteiger partial charge on any atom is -0.311 e. The van der Waals surface area contributed by atoms with Gasteiger partial charge in [-0.15, -0.1) is 0 Å². The maximum Gasteiger partial charge on any atom is 0.256 e. The topological polar surface area (TPSA) is 46.9 Å². The zero-order valence-electron chi connectivity index (χ0n) is 10.7. The van der Waals surface area contributed by atoms with Crippen LogP contribution in [0.2, 0.25) is 0 Å². The van der Waals surface area contributed by atoms with E-state index >= 15 is 0 Å². The van der Waals surface area contributed by atoms with Crippen molar-refractivity contribution >= 4 is 0 Å². The summed E-state index contributed by atoms with van der Waals surface area (Å²) in [5, 5.41) is 3.24. The second-order valence-electron chi connectivity index (χ2n) is 4.95. The van der Waals surface area contributed by atoms with E-state index < -0.39 is 0 Å². The lowest BCUT2D eigenvalue weighted by molar-refractivity contribution is 0.430. The molecule has 0 aromatic carbocycles. The van der Waals surface area contributed by atoms with Crippen LogP contribution < -0.4 is 10.9 Å². The molecule has 0 aliphatic carbocycles. The van der Waals surface area contributed by atoms with Crippen molar-refractivity contribution in [1.82, 2.24) is 14.9 Å². The van der Waals surface area contributed by atoms with Crippen molar-refractivity contribution in [1.29, 1.82) is 0 Å². The van der Waals surface area contributed by atoms with Gasteiger partial charge < -0.3 is 5.32 Å². The van der Waals surface area contributed by atoms with Crippen molar-refractivity contribution in [2.75, 3.05) is 6.54 Å². The van der Waals surface area contributed by atoms with E-state index in [1.807, 2.05) is 0 Å². The van der Waals surface area contributed by atoms with Crippen molar-refractivity contribution in [3.63, 3.8) is 0 Å². The number of nitrogens with one attached hydrogen (secondary N) is 1. The number of aromatic nitrogens is 2. The van der Waals surface area contributed by atoms with Crippen LogP contribution in [0.4, 0.5) is 0 Å². The van der Waals surface area contributed by atoms with Crippen LogP contribution in [0.5, 0.6) is 0 Å². The standard InChI is InChI=1S/C13H21N3O/c1-3-4-10(2)8-16-9-15-12-7-14-6-5-11(12)13(16)17/h9-10,14H,3-8H2,1-2H3. The number of rotatable bonds is 4. The molecule has 2 rings (SSSR count). The Bertz CT molecular complexity index is 439. The van der Waals surface area contributed by atoms with E-state index in [1.165, 1.54) is 0 Å². The average Bonchev–Trinajstić information content (AvgIpc) is 2.33. The molecule has 4 heteroatoms. The van der Waals surface area contributed by atoms with Gasteiger partial charge in [0.25, 0.3) is 5.56 Å². The monoisotopic (exact) mass is 235 g/mol. The van der Waals surface area contributed by atoms with Gasteiger partial charge in [0.05, 0.1) is 12.0 Å². The predicted octanol–water partition coefficient (Wildman–Crippen LogP) is 1.33. The van der Waals surface area contributed by atoms with E-state index in [0.29, 0.717) is 5.92 Å². The van der Waals surface area contributed by atoms with Gasteiger partial charge in [-0.1, -0.05) is 20.3 Å². The molecule has 1 aromatic rings. The lowest BCUT2D eigenvalue weighted by atomic mass is 10.1. The fourth-order valence-electron chi connectivity index (χ4n) is 2.44. The Hall–Kier alpha value is -1.16. The highest BCUT2D eigenvalue weighted by molar-refractivity contribution is 5.19. The summed E-state index contributed by atoms with van der Waals surface area (Å²) in [4.78, 5) is 16.6. The summed E-state index contributed by atoms with van der Waals surface area (Å²) in [6.45, 7) is 6.78. The normalized spacial score (nSPS) is 16.6. The van der Waals surface area contributed by atoms with Gasteiger partial charge in [0.1, 0.15) is 0 Å². The smallest absolute Gasteiger partial charge is 0.256 e. The Morgan fingerprint density at radius 3 is 3.18 bits per heavy atom. The van der Waals surface area contributed by atoms with Crippen LogP contribution in [0.25, 0.3) is 0 Å². The molecule has 1 atom stereocenters. The third-order valence-corrected chi connectivity index (χ3v) is 3.35. The summed E-state index contributed by atoms with van der Waals surface area (Å²) < 4.78 is 1.78. The molecule has 94 valence electrons. The fourth-order valence-corrected chi connectivity index (χ4v) is 2.44. The van der Waals surface area contributed by atoms with Crippen molar-refractivity contribution in [3.05, 3.63) is 27.9 Å². The van der Waals surface area contributed by atoms with Crippen LogP contribution in [0.15, 0.2) is 11.1 Å². The van der Waals surface area contributed by atoms with E-state index in [4.69, 9.17) is 0 Å². The Kier molecular flexibility index (Phi) is 3.94. The van der Waals surface area contributed by atoms with Gasteiger partial charge in [-0.25, -0.2) is 4.98 Å². The lowest BCUT2D eigenvalue weighted by Gasteiger charge is -2.18. The molecule has 2 heterocycles. The highest BCUT2D eigenvalue weighted by atomic mass is 16.1. The Labute approximate surface area is 102 Å². The second kappa shape index (κ2) is 5.45. The highest BCUT2D eigenvalue weighted by Crippen LogP contribution is 2.09. The van der Waals surface area contributed by atoms with Gasteiger partial charge in [-0.2, -0.15) is 0 Å². The van der Waals surface area contributed by atoms with E-state index in [-0.39, 0.29) is 5.56 Å². The quantitative estimate of drug-likeness (QED) is 0.856. The molecule has 4 nitrogen and oxygen atoms in total. The van der Waals surface area contributed by atoms with Crippen LogP contribution >= 0.6 is 0 Å². The minimum atomic E-state index is 0.166. The zero-order valence-corrected chi connectivity index (χ0v) is 10.7. The summed E-state index contributed by atoms with van der Waals surface area (Å²) >= 11 is 0. The Morgan fingerprint density at radius 1 is 1.59 bits per heavy atom. The van der Waals surface area contributed by atoms with Crippen LogP contribution in [0.1, 0.15) is 37.9 Å². The molecule has 1 aliphatic heterocycles. The molecular weight excluding hydrogens is 214 g/mol. The summed E-state index contributed by atoms with van der Waals surface area (Å²) in [5.74, 6) is 0.541. The van der Waals surface area contributed by atoms with Crippen LogP contribution in [0, 0.1) is 5.92 Å². The van der Waals surface area contributed by atoms with E-state index in [9.17, 15) is 4.79 Å². The maximum absolute atomic E-state index is 12.2. The molecule has 0 saturated heterocycles. The first-order valence-electron chi connectivity index (χ1n) is 6.50. The molecule has 0 saturated carbocycles. The highest BCUT2D eigenvalue weighted by Gasteiger charge is 2.15. The summed E-state index contributed by atoms with van der Waals surface area (Å²) in [6.07, 6.45) is 4.84. The first kappa shape index (κ1) is 12.3. The van der Waals surface area contributed by atoms with E-state index in [1.54, 1.807) is 10.9 Å². The SMILES string of the molecule is CCCC(C)Cn1cnc2c(c1=O)CCNC2. The number of nitrogens with zero attached hydrogens (tertiary/aromatic N) is 2. The zero-order chi connectivity index (χ0) is 12.3. The first-order valence-corrected chi connectivity index (χ1v) is 6.50. The Morgan fingerprint density at radius 2 is 2.41 bits per heavy atom. The summed E-state index contributed by atoms with van der Waals surface area (Å²) in [7, 11) is 0. The first-order chi connectivity index (χ1) is 8.22. The molecule has 0 amide bonds. The number of hydrogen-bond donors (Lipinski definition) is 1. The largest absolute Gasteiger partial charge is 0.311 e. The van der Waals surface area contributed by atoms with Crippen LogP contribution in [-0.2, 0) is 19.5 Å². The van der Waals surface area contributed by atoms with Gasteiger partial charge in [0, 0.05) is 18.7 Å². The molecule has 0 fully saturated rings. The van der Waals surface area contributed by atoms with Gasteiger partial charge in [-0.3, -0.25) is 9.36 Å². The molecule has 1 N–H and O–H groups in total. The van der Waals surface area contributed by atoms with Crippen molar-refractivity contribution in [2.24, 2.45) is 5.92 Å². The van der Waals surface area contributed by atoms with Gasteiger partial charge in [0.2, 0.25) is 0 Å². The van der Waals surface area contributed by atoms with Gasteiger partial charge in [-0.05, 0) is 25.3 Å². The molecule has 1 unspecified atom stereocenters. The maximum atomic E-state index is 12.2. The fraction of sp³-hybridized carbons (Fsp3) is 0.692. The third-order valence-electron chi connectivity index (χ3n) is 3.35. The molecule has 1 aliphatic rings. The molecule has 0 radical (unpaired) electrons. The molecule has 0 bridgehead atoms. The molecule has 1 aromatic heterocycles. The number of hydrogen-bond acceptors (Lipinski definition) is 3. The third kappa shape index (κ3) is 2.75. The summed E-state index contributed by atoms with van der Waals surface area (Å²) in [6, 6.07) is 0. The summed E-state index contributed by atoms with van der Waals surface area (Å²) in [5.41, 5.74) is 2.01. The Balaban J connectivity index is 2.21. The lowest BCUT2D eigenvalue weighted by Crippen LogP contribution is -2.35. The van der Waals surface area contributed by atoms with Crippen LogP contribution in [-0.4, -0.2) is 16.1 Å². The van der Waals surface area contributed by atoms with Gasteiger partial charge in [0.15, 0.2) is 0 Å². The van der Waals surface area contributed by atoms with Crippen LogP contribution in [0.3, 0.4) is 0 Å². The van der Waals surface area contributed by atoms with Crippen molar-refractivity contribution in [2.45, 2.75) is 46.2 Å². The van der Waals surface area contributed by atoms with Crippen molar-refractivity contribution < 1.29 is 0 Å². The molecule has 0 spiro atoms. The second-order valence-corrected chi connectivity index (χ2v) is 4.95. The number of fused-ring (bicyclic) bond motifs is 1. The predicted molar refractivity (Wildman–Crippen MR) is 68.0 cm³/mol. The van der Waals surface area contributed by atoms with E-state index in [2.05, 4.69) is 24.1 Å². The molecular formula is C13H21N3O. The van der Waals surface area contributed by atoms with Crippen molar-refractivity contribution in [3.8, 4) is 0 Å². The van der Waals surface area contributed by atoms with Gasteiger partial charge >= 0.3 is 0 Å². The minimum absolute atomic E-state index is 0.166. The molecule has 17 heavy (non-hydrogen) atoms.